The van der Waals surface area contributed by atoms with Gasteiger partial charge in [-0.25, -0.2) is 14.9 Å². The average molecular weight is 418 g/mol. The second-order valence-corrected chi connectivity index (χ2v) is 7.35. The molecule has 2 aliphatic rings. The first-order valence-corrected chi connectivity index (χ1v) is 10.1. The van der Waals surface area contributed by atoms with Gasteiger partial charge in [-0.15, -0.1) is 0 Å². The number of nitrogens with zero attached hydrogens (tertiary/aromatic N) is 3. The van der Waals surface area contributed by atoms with Crippen LogP contribution in [-0.4, -0.2) is 68.1 Å². The summed E-state index contributed by atoms with van der Waals surface area (Å²) in [6.45, 7) is 4.90. The zero-order valence-corrected chi connectivity index (χ0v) is 17.9. The fourth-order valence-corrected chi connectivity index (χ4v) is 3.27. The molecule has 2 heterocycles. The Morgan fingerprint density at radius 3 is 2.63 bits per heavy atom. The third-order valence-corrected chi connectivity index (χ3v) is 4.83. The van der Waals surface area contributed by atoms with E-state index in [1.54, 1.807) is 36.7 Å². The highest BCUT2D eigenvalue weighted by Crippen LogP contribution is 2.30. The first-order chi connectivity index (χ1) is 14.5. The predicted octanol–water partition coefficient (Wildman–Crippen LogP) is 3.24. The number of hydrogen-bond donors (Lipinski definition) is 1. The van der Waals surface area contributed by atoms with Crippen LogP contribution in [0, 0.1) is 0 Å². The Morgan fingerprint density at radius 1 is 1.20 bits per heavy atom. The Balaban J connectivity index is 1.58. The van der Waals surface area contributed by atoms with Gasteiger partial charge in [0.25, 0.3) is 0 Å². The number of carbonyl (C=O) groups is 1. The van der Waals surface area contributed by atoms with Crippen molar-refractivity contribution in [1.82, 2.24) is 9.96 Å². The van der Waals surface area contributed by atoms with E-state index in [9.17, 15) is 4.79 Å². The molecule has 0 radical (unpaired) electrons. The summed E-state index contributed by atoms with van der Waals surface area (Å²) in [5, 5.41) is 5.09. The number of methoxy groups -OCH3 is 2. The summed E-state index contributed by atoms with van der Waals surface area (Å²) in [5.74, 6) is 1.39. The van der Waals surface area contributed by atoms with Crippen molar-refractivity contribution in [3.63, 3.8) is 0 Å². The van der Waals surface area contributed by atoms with E-state index in [2.05, 4.69) is 10.3 Å². The first-order valence-electron chi connectivity index (χ1n) is 10.1. The molecule has 1 fully saturated rings. The summed E-state index contributed by atoms with van der Waals surface area (Å²) < 4.78 is 16.0. The molecule has 0 spiro atoms. The van der Waals surface area contributed by atoms with E-state index in [1.807, 2.05) is 38.1 Å². The summed E-state index contributed by atoms with van der Waals surface area (Å²) in [4.78, 5) is 24.1. The quantitative estimate of drug-likeness (QED) is 0.728. The molecule has 1 N–H and O–H groups in total. The topological polar surface area (TPSA) is 84.9 Å². The van der Waals surface area contributed by atoms with Crippen molar-refractivity contribution < 1.29 is 23.8 Å². The molecule has 9 heteroatoms. The number of hydroxylamine groups is 2. The molecule has 0 aromatic heterocycles. The molecule has 3 rings (SSSR count). The molecule has 1 aromatic carbocycles. The Bertz CT molecular complexity index is 775. The molecule has 0 aliphatic carbocycles. The van der Waals surface area contributed by atoms with Gasteiger partial charge in [0, 0.05) is 25.4 Å². The predicted molar refractivity (Wildman–Crippen MR) is 114 cm³/mol. The third kappa shape index (κ3) is 5.56. The average Bonchev–Trinajstić information content (AvgIpc) is 2.75. The Morgan fingerprint density at radius 2 is 1.97 bits per heavy atom. The van der Waals surface area contributed by atoms with Gasteiger partial charge in [0.1, 0.15) is 24.0 Å². The number of amides is 1. The third-order valence-electron chi connectivity index (χ3n) is 4.83. The van der Waals surface area contributed by atoms with Gasteiger partial charge in [-0.1, -0.05) is 0 Å². The van der Waals surface area contributed by atoms with Crippen molar-refractivity contribution in [3.8, 4) is 11.5 Å². The minimum Gasteiger partial charge on any atom is -0.497 e. The molecule has 0 saturated carbocycles. The van der Waals surface area contributed by atoms with Crippen LogP contribution in [0.4, 0.5) is 10.5 Å². The fraction of sp³-hybridized carbons (Fsp3) is 0.524. The van der Waals surface area contributed by atoms with Gasteiger partial charge in [0.05, 0.1) is 32.1 Å². The summed E-state index contributed by atoms with van der Waals surface area (Å²) >= 11 is 0. The molecule has 164 valence electrons. The number of benzene rings is 1. The van der Waals surface area contributed by atoms with E-state index < -0.39 is 0 Å². The van der Waals surface area contributed by atoms with Crippen LogP contribution < -0.4 is 14.8 Å². The van der Waals surface area contributed by atoms with Crippen molar-refractivity contribution in [1.29, 1.82) is 0 Å². The number of carbonyl (C=O) groups excluding carboxylic acids is 1. The largest absolute Gasteiger partial charge is 0.497 e. The summed E-state index contributed by atoms with van der Waals surface area (Å²) in [7, 11) is 3.23. The van der Waals surface area contributed by atoms with E-state index in [0.717, 1.165) is 18.5 Å². The molecule has 1 amide bonds. The summed E-state index contributed by atoms with van der Waals surface area (Å²) in [6, 6.07) is 5.58. The molecule has 2 aliphatic heterocycles. The number of likely N-dealkylation sites (tertiary alicyclic amines) is 1. The van der Waals surface area contributed by atoms with Crippen LogP contribution in [-0.2, 0) is 9.57 Å². The van der Waals surface area contributed by atoms with Crippen LogP contribution >= 0.6 is 0 Å². The molecule has 1 saturated heterocycles. The number of ether oxygens (including phenoxy) is 3. The normalized spacial score (nSPS) is 19.2. The van der Waals surface area contributed by atoms with Crippen molar-refractivity contribution in [2.75, 3.05) is 32.6 Å². The second-order valence-electron chi connectivity index (χ2n) is 7.35. The van der Waals surface area contributed by atoms with Gasteiger partial charge in [-0.3, -0.25) is 4.84 Å². The Hall–Kier alpha value is -2.94. The minimum absolute atomic E-state index is 0.0203. The molecular formula is C21H30N4O5. The van der Waals surface area contributed by atoms with Crippen LogP contribution in [0.25, 0.3) is 0 Å². The van der Waals surface area contributed by atoms with Crippen molar-refractivity contribution in [2.45, 2.75) is 45.1 Å². The first kappa shape index (κ1) is 21.8. The lowest BCUT2D eigenvalue weighted by atomic mass is 10.1. The lowest BCUT2D eigenvalue weighted by Gasteiger charge is -2.36. The van der Waals surface area contributed by atoms with Gasteiger partial charge in [0.2, 0.25) is 0 Å². The molecule has 30 heavy (non-hydrogen) atoms. The van der Waals surface area contributed by atoms with E-state index in [1.165, 1.54) is 0 Å². The smallest absolute Gasteiger partial charge is 0.410 e. The minimum atomic E-state index is -0.267. The lowest BCUT2D eigenvalue weighted by molar-refractivity contribution is -0.165. The number of rotatable bonds is 7. The maximum atomic E-state index is 12.1. The van der Waals surface area contributed by atoms with Gasteiger partial charge >= 0.3 is 6.09 Å². The highest BCUT2D eigenvalue weighted by atomic mass is 16.7. The number of nitrogens with one attached hydrogen (secondary N) is 1. The molecule has 1 unspecified atom stereocenters. The van der Waals surface area contributed by atoms with Crippen LogP contribution in [0.2, 0.25) is 0 Å². The lowest BCUT2D eigenvalue weighted by Crippen LogP contribution is -2.47. The van der Waals surface area contributed by atoms with Crippen molar-refractivity contribution in [2.24, 2.45) is 4.99 Å². The van der Waals surface area contributed by atoms with E-state index >= 15 is 0 Å². The SMILES string of the molecule is COc1ccc(NC2C=CN=CN2OC2CCN(C(=O)OC(C)C)CC2)c(OC)c1. The number of hydrogen-bond acceptors (Lipinski definition) is 8. The van der Waals surface area contributed by atoms with E-state index in [-0.39, 0.29) is 24.5 Å². The van der Waals surface area contributed by atoms with Crippen LogP contribution in [0.3, 0.4) is 0 Å². The van der Waals surface area contributed by atoms with E-state index in [0.29, 0.717) is 24.6 Å². The standard InChI is InChI=1S/C21H30N4O5/c1-15(2)29-21(26)24-11-8-16(9-12-24)30-25-14-22-10-7-20(25)23-18-6-5-17(27-3)13-19(18)28-4/h5-7,10,13-16,20,23H,8-9,11-12H2,1-4H3. The molecule has 9 nitrogen and oxygen atoms in total. The summed E-state index contributed by atoms with van der Waals surface area (Å²) in [5.41, 5.74) is 0.808. The highest BCUT2D eigenvalue weighted by Gasteiger charge is 2.28. The molecule has 1 aromatic rings. The zero-order valence-electron chi connectivity index (χ0n) is 17.9. The van der Waals surface area contributed by atoms with Gasteiger partial charge in [-0.05, 0) is 44.9 Å². The van der Waals surface area contributed by atoms with Crippen molar-refractivity contribution in [3.05, 3.63) is 30.5 Å². The molecular weight excluding hydrogens is 388 g/mol. The van der Waals surface area contributed by atoms with Crippen LogP contribution in [0.15, 0.2) is 35.5 Å². The fourth-order valence-electron chi connectivity index (χ4n) is 3.27. The second kappa shape index (κ2) is 10.2. The highest BCUT2D eigenvalue weighted by molar-refractivity contribution is 5.68. The Labute approximate surface area is 177 Å². The molecule has 1 atom stereocenters. The molecule has 0 bridgehead atoms. The zero-order chi connectivity index (χ0) is 21.5. The van der Waals surface area contributed by atoms with Gasteiger partial charge < -0.3 is 24.4 Å². The monoisotopic (exact) mass is 418 g/mol. The maximum absolute atomic E-state index is 12.1. The Kier molecular flexibility index (Phi) is 7.40. The van der Waals surface area contributed by atoms with Gasteiger partial charge in [-0.2, -0.15) is 0 Å². The van der Waals surface area contributed by atoms with Crippen LogP contribution in [0.1, 0.15) is 26.7 Å². The maximum Gasteiger partial charge on any atom is 0.410 e. The number of anilines is 1. The van der Waals surface area contributed by atoms with E-state index in [4.69, 9.17) is 19.0 Å². The van der Waals surface area contributed by atoms with Crippen LogP contribution in [0.5, 0.6) is 11.5 Å². The number of piperidine rings is 1. The van der Waals surface area contributed by atoms with Crippen molar-refractivity contribution >= 4 is 18.1 Å². The van der Waals surface area contributed by atoms with Gasteiger partial charge in [0.15, 0.2) is 0 Å². The summed E-state index contributed by atoms with van der Waals surface area (Å²) in [6.07, 6.45) is 6.05. The number of aliphatic imine (C=N–C) groups is 1.